The van der Waals surface area contributed by atoms with E-state index >= 15 is 0 Å². The normalized spacial score (nSPS) is 10.5. The third-order valence-electron chi connectivity index (χ3n) is 4.65. The highest BCUT2D eigenvalue weighted by Gasteiger charge is 2.14. The van der Waals surface area contributed by atoms with E-state index in [-0.39, 0.29) is 5.91 Å². The number of amides is 1. The molecule has 1 amide bonds. The van der Waals surface area contributed by atoms with Crippen molar-refractivity contribution in [2.75, 3.05) is 12.9 Å². The summed E-state index contributed by atoms with van der Waals surface area (Å²) in [5.41, 5.74) is 2.31. The van der Waals surface area contributed by atoms with Crippen molar-refractivity contribution in [2.45, 2.75) is 30.8 Å². The highest BCUT2D eigenvalue weighted by Crippen LogP contribution is 2.22. The van der Waals surface area contributed by atoms with E-state index in [0.717, 1.165) is 29.1 Å². The van der Waals surface area contributed by atoms with E-state index in [1.165, 1.54) is 4.90 Å². The Kier molecular flexibility index (Phi) is 8.20. The van der Waals surface area contributed by atoms with Gasteiger partial charge in [0.25, 0.3) is 0 Å². The molecular weight excluding hydrogens is 378 g/mol. The number of methoxy groups -OCH3 is 1. The van der Waals surface area contributed by atoms with E-state index in [2.05, 4.69) is 36.4 Å². The van der Waals surface area contributed by atoms with Crippen LogP contribution in [0.4, 0.5) is 0 Å². The number of ether oxygens (including phenoxy) is 1. The summed E-state index contributed by atoms with van der Waals surface area (Å²) >= 11 is 1.77. The van der Waals surface area contributed by atoms with Crippen LogP contribution < -0.4 is 4.74 Å². The van der Waals surface area contributed by atoms with Crippen molar-refractivity contribution in [1.82, 2.24) is 4.90 Å². The Bertz CT molecular complexity index is 825. The SMILES string of the molecule is COc1ccc(SCCCC(=O)N(Cc2ccccc2)Cc2ccccc2)cc1. The van der Waals surface area contributed by atoms with E-state index in [9.17, 15) is 4.79 Å². The lowest BCUT2D eigenvalue weighted by atomic mass is 10.1. The molecule has 3 aromatic rings. The van der Waals surface area contributed by atoms with Crippen LogP contribution in [0.3, 0.4) is 0 Å². The molecule has 3 aromatic carbocycles. The molecule has 29 heavy (non-hydrogen) atoms. The van der Waals surface area contributed by atoms with Crippen molar-refractivity contribution in [3.63, 3.8) is 0 Å². The molecule has 0 aliphatic rings. The summed E-state index contributed by atoms with van der Waals surface area (Å²) in [5, 5.41) is 0. The van der Waals surface area contributed by atoms with Gasteiger partial charge in [-0.25, -0.2) is 0 Å². The monoisotopic (exact) mass is 405 g/mol. The summed E-state index contributed by atoms with van der Waals surface area (Å²) in [5.74, 6) is 1.98. The van der Waals surface area contributed by atoms with E-state index in [0.29, 0.717) is 19.5 Å². The van der Waals surface area contributed by atoms with Crippen LogP contribution in [-0.4, -0.2) is 23.7 Å². The number of benzene rings is 3. The zero-order valence-electron chi connectivity index (χ0n) is 16.8. The second-order valence-electron chi connectivity index (χ2n) is 6.85. The van der Waals surface area contributed by atoms with E-state index in [1.54, 1.807) is 18.9 Å². The fourth-order valence-electron chi connectivity index (χ4n) is 3.08. The third-order valence-corrected chi connectivity index (χ3v) is 5.75. The first-order chi connectivity index (χ1) is 14.2. The summed E-state index contributed by atoms with van der Waals surface area (Å²) in [6.07, 6.45) is 1.42. The molecule has 0 saturated heterocycles. The predicted molar refractivity (Wildman–Crippen MR) is 120 cm³/mol. The summed E-state index contributed by atoms with van der Waals surface area (Å²) in [4.78, 5) is 16.1. The van der Waals surface area contributed by atoms with Crippen LogP contribution in [0.1, 0.15) is 24.0 Å². The van der Waals surface area contributed by atoms with Gasteiger partial charge in [-0.3, -0.25) is 4.79 Å². The molecule has 0 saturated carbocycles. The van der Waals surface area contributed by atoms with E-state index in [1.807, 2.05) is 53.4 Å². The second-order valence-corrected chi connectivity index (χ2v) is 8.02. The maximum absolute atomic E-state index is 12.9. The minimum absolute atomic E-state index is 0.202. The summed E-state index contributed by atoms with van der Waals surface area (Å²) in [6.45, 7) is 1.28. The van der Waals surface area contributed by atoms with Gasteiger partial charge in [-0.2, -0.15) is 0 Å². The summed E-state index contributed by atoms with van der Waals surface area (Å²) in [6, 6.07) is 28.4. The fraction of sp³-hybridized carbons (Fsp3) is 0.240. The van der Waals surface area contributed by atoms with Crippen molar-refractivity contribution in [3.05, 3.63) is 96.1 Å². The molecule has 0 unspecified atom stereocenters. The Morgan fingerprint density at radius 3 is 1.90 bits per heavy atom. The van der Waals surface area contributed by atoms with Gasteiger partial charge in [-0.15, -0.1) is 11.8 Å². The average molecular weight is 406 g/mol. The van der Waals surface area contributed by atoms with Crippen LogP contribution >= 0.6 is 11.8 Å². The molecule has 0 bridgehead atoms. The first-order valence-electron chi connectivity index (χ1n) is 9.87. The fourth-order valence-corrected chi connectivity index (χ4v) is 3.94. The van der Waals surface area contributed by atoms with Gasteiger partial charge in [-0.05, 0) is 47.6 Å². The maximum atomic E-state index is 12.9. The molecule has 4 heteroatoms. The summed E-state index contributed by atoms with van der Waals surface area (Å²) < 4.78 is 5.19. The van der Waals surface area contributed by atoms with Crippen molar-refractivity contribution >= 4 is 17.7 Å². The number of nitrogens with zero attached hydrogens (tertiary/aromatic N) is 1. The molecule has 0 fully saturated rings. The average Bonchev–Trinajstić information content (AvgIpc) is 2.78. The Balaban J connectivity index is 1.53. The zero-order valence-corrected chi connectivity index (χ0v) is 17.6. The van der Waals surface area contributed by atoms with Crippen molar-refractivity contribution in [1.29, 1.82) is 0 Å². The molecule has 3 nitrogen and oxygen atoms in total. The van der Waals surface area contributed by atoms with Gasteiger partial charge in [0.2, 0.25) is 5.91 Å². The molecule has 0 spiro atoms. The quantitative estimate of drug-likeness (QED) is 0.315. The largest absolute Gasteiger partial charge is 0.497 e. The third kappa shape index (κ3) is 6.99. The van der Waals surface area contributed by atoms with Crippen LogP contribution in [0.25, 0.3) is 0 Å². The Hall–Kier alpha value is -2.72. The Morgan fingerprint density at radius 2 is 1.38 bits per heavy atom. The Labute approximate surface area is 177 Å². The minimum atomic E-state index is 0.202. The standard InChI is InChI=1S/C25H27NO2S/c1-28-23-14-16-24(17-15-23)29-18-8-13-25(27)26(19-21-9-4-2-5-10-21)20-22-11-6-3-7-12-22/h2-7,9-12,14-17H,8,13,18-20H2,1H3. The maximum Gasteiger partial charge on any atom is 0.223 e. The van der Waals surface area contributed by atoms with Gasteiger partial charge in [-0.1, -0.05) is 60.7 Å². The zero-order chi connectivity index (χ0) is 20.3. The lowest BCUT2D eigenvalue weighted by Crippen LogP contribution is -2.30. The van der Waals surface area contributed by atoms with E-state index < -0.39 is 0 Å². The first kappa shape index (κ1) is 21.0. The number of hydrogen-bond donors (Lipinski definition) is 0. The van der Waals surface area contributed by atoms with Gasteiger partial charge in [0.15, 0.2) is 0 Å². The van der Waals surface area contributed by atoms with Crippen LogP contribution in [0.15, 0.2) is 89.8 Å². The Morgan fingerprint density at radius 1 is 0.828 bits per heavy atom. The highest BCUT2D eigenvalue weighted by molar-refractivity contribution is 7.99. The van der Waals surface area contributed by atoms with Crippen LogP contribution in [0.2, 0.25) is 0 Å². The van der Waals surface area contributed by atoms with Crippen molar-refractivity contribution in [2.24, 2.45) is 0 Å². The van der Waals surface area contributed by atoms with E-state index in [4.69, 9.17) is 4.74 Å². The first-order valence-corrected chi connectivity index (χ1v) is 10.9. The number of carbonyl (C=O) groups is 1. The molecule has 0 aliphatic carbocycles. The molecular formula is C25H27NO2S. The van der Waals surface area contributed by atoms with Crippen LogP contribution in [0, 0.1) is 0 Å². The number of carbonyl (C=O) groups excluding carboxylic acids is 1. The molecule has 150 valence electrons. The van der Waals surface area contributed by atoms with Crippen LogP contribution in [0.5, 0.6) is 5.75 Å². The smallest absolute Gasteiger partial charge is 0.223 e. The molecule has 3 rings (SSSR count). The molecule has 0 aliphatic heterocycles. The van der Waals surface area contributed by atoms with Crippen molar-refractivity contribution in [3.8, 4) is 5.75 Å². The second kappa shape index (κ2) is 11.3. The molecule has 0 heterocycles. The highest BCUT2D eigenvalue weighted by atomic mass is 32.2. The van der Waals surface area contributed by atoms with Gasteiger partial charge in [0, 0.05) is 24.4 Å². The van der Waals surface area contributed by atoms with Gasteiger partial charge in [0.1, 0.15) is 5.75 Å². The lowest BCUT2D eigenvalue weighted by Gasteiger charge is -2.23. The summed E-state index contributed by atoms with van der Waals surface area (Å²) in [7, 11) is 1.67. The number of rotatable bonds is 10. The lowest BCUT2D eigenvalue weighted by molar-refractivity contribution is -0.132. The van der Waals surface area contributed by atoms with Gasteiger partial charge < -0.3 is 9.64 Å². The molecule has 0 aromatic heterocycles. The van der Waals surface area contributed by atoms with Gasteiger partial charge >= 0.3 is 0 Å². The number of hydrogen-bond acceptors (Lipinski definition) is 3. The topological polar surface area (TPSA) is 29.5 Å². The minimum Gasteiger partial charge on any atom is -0.497 e. The molecule has 0 N–H and O–H groups in total. The predicted octanol–water partition coefficient (Wildman–Crippen LogP) is 5.80. The van der Waals surface area contributed by atoms with Gasteiger partial charge in [0.05, 0.1) is 7.11 Å². The van der Waals surface area contributed by atoms with Crippen molar-refractivity contribution < 1.29 is 9.53 Å². The molecule has 0 atom stereocenters. The van der Waals surface area contributed by atoms with Crippen LogP contribution in [-0.2, 0) is 17.9 Å². The number of thioether (sulfide) groups is 1. The molecule has 0 radical (unpaired) electrons.